The van der Waals surface area contributed by atoms with Crippen molar-refractivity contribution in [2.24, 2.45) is 0 Å². The number of sulfonamides is 1. The van der Waals surface area contributed by atoms with Gasteiger partial charge in [0.1, 0.15) is 5.82 Å². The molecule has 1 N–H and O–H groups in total. The maximum Gasteiger partial charge on any atom is 0.213 e. The minimum Gasteiger partial charge on any atom is -0.381 e. The Kier molecular flexibility index (Phi) is 3.02. The summed E-state index contributed by atoms with van der Waals surface area (Å²) in [5, 5.41) is 3.37. The fraction of sp³-hybridized carbons (Fsp3) is 0.538. The molecule has 104 valence electrons. The van der Waals surface area contributed by atoms with Crippen molar-refractivity contribution < 1.29 is 12.8 Å². The average Bonchev–Trinajstić information content (AvgIpc) is 2.76. The predicted octanol–water partition coefficient (Wildman–Crippen LogP) is 1.76. The van der Waals surface area contributed by atoms with Gasteiger partial charge in [0, 0.05) is 30.7 Å². The van der Waals surface area contributed by atoms with Gasteiger partial charge in [-0.1, -0.05) is 0 Å². The van der Waals surface area contributed by atoms with Crippen molar-refractivity contribution in [3.8, 4) is 0 Å². The second kappa shape index (κ2) is 4.45. The Morgan fingerprint density at radius 3 is 3.00 bits per heavy atom. The second-order valence-electron chi connectivity index (χ2n) is 5.14. The molecule has 1 fully saturated rings. The van der Waals surface area contributed by atoms with E-state index in [4.69, 9.17) is 0 Å². The Bertz CT molecular complexity index is 603. The van der Waals surface area contributed by atoms with E-state index in [-0.39, 0.29) is 23.5 Å². The molecule has 1 aromatic carbocycles. The largest absolute Gasteiger partial charge is 0.381 e. The summed E-state index contributed by atoms with van der Waals surface area (Å²) >= 11 is 0. The first kappa shape index (κ1) is 12.9. The molecule has 0 aromatic heterocycles. The number of nitrogens with one attached hydrogen (secondary N) is 1. The third-order valence-electron chi connectivity index (χ3n) is 4.09. The summed E-state index contributed by atoms with van der Waals surface area (Å²) in [7, 11) is -3.16. The molecule has 2 aliphatic heterocycles. The maximum atomic E-state index is 13.4. The average molecular weight is 284 g/mol. The fourth-order valence-electron chi connectivity index (χ4n) is 3.02. The van der Waals surface area contributed by atoms with Crippen LogP contribution in [-0.4, -0.2) is 37.6 Å². The lowest BCUT2D eigenvalue weighted by Crippen LogP contribution is -2.45. The number of fused-ring (bicyclic) bond motifs is 3. The van der Waals surface area contributed by atoms with Gasteiger partial charge in [-0.15, -0.1) is 0 Å². The molecule has 1 aromatic rings. The van der Waals surface area contributed by atoms with E-state index in [0.717, 1.165) is 17.7 Å². The lowest BCUT2D eigenvalue weighted by molar-refractivity contribution is 0.306. The van der Waals surface area contributed by atoms with Gasteiger partial charge in [-0.2, -0.15) is 0 Å². The molecule has 6 heteroatoms. The highest BCUT2D eigenvalue weighted by Crippen LogP contribution is 2.40. The normalized spacial score (nSPS) is 26.6. The molecule has 0 unspecified atom stereocenters. The highest BCUT2D eigenvalue weighted by atomic mass is 32.2. The Morgan fingerprint density at radius 1 is 1.47 bits per heavy atom. The summed E-state index contributed by atoms with van der Waals surface area (Å²) < 4.78 is 38.8. The zero-order chi connectivity index (χ0) is 13.6. The van der Waals surface area contributed by atoms with Crippen molar-refractivity contribution in [3.05, 3.63) is 29.6 Å². The molecule has 0 saturated carbocycles. The van der Waals surface area contributed by atoms with E-state index in [1.54, 1.807) is 13.0 Å². The topological polar surface area (TPSA) is 49.4 Å². The number of benzene rings is 1. The zero-order valence-electron chi connectivity index (χ0n) is 10.8. The Labute approximate surface area is 112 Å². The Balaban J connectivity index is 1.91. The van der Waals surface area contributed by atoms with Gasteiger partial charge in [-0.05, 0) is 37.1 Å². The fourth-order valence-corrected chi connectivity index (χ4v) is 4.15. The summed E-state index contributed by atoms with van der Waals surface area (Å²) in [6, 6.07) is 4.92. The molecule has 4 nitrogen and oxygen atoms in total. The SMILES string of the molecule is CCS(=O)(=O)N1CC[C@H]2Nc3ccc(F)cc3[C@H]2C1. The third-order valence-corrected chi connectivity index (χ3v) is 5.94. The molecule has 0 spiro atoms. The van der Waals surface area contributed by atoms with Gasteiger partial charge in [-0.25, -0.2) is 17.1 Å². The Morgan fingerprint density at radius 2 is 2.26 bits per heavy atom. The van der Waals surface area contributed by atoms with Crippen LogP contribution in [0.3, 0.4) is 0 Å². The van der Waals surface area contributed by atoms with Crippen molar-refractivity contribution in [2.45, 2.75) is 25.3 Å². The molecular formula is C13H17FN2O2S. The zero-order valence-corrected chi connectivity index (χ0v) is 11.6. The molecule has 1 saturated heterocycles. The number of hydrogen-bond donors (Lipinski definition) is 1. The van der Waals surface area contributed by atoms with Crippen LogP contribution in [0.1, 0.15) is 24.8 Å². The van der Waals surface area contributed by atoms with Crippen LogP contribution in [0.25, 0.3) is 0 Å². The van der Waals surface area contributed by atoms with E-state index in [9.17, 15) is 12.8 Å². The van der Waals surface area contributed by atoms with Crippen molar-refractivity contribution in [1.29, 1.82) is 0 Å². The molecule has 0 bridgehead atoms. The molecule has 0 amide bonds. The first-order valence-electron chi connectivity index (χ1n) is 6.55. The van der Waals surface area contributed by atoms with E-state index < -0.39 is 10.0 Å². The van der Waals surface area contributed by atoms with Crippen molar-refractivity contribution in [2.75, 3.05) is 24.2 Å². The number of nitrogens with zero attached hydrogens (tertiary/aromatic N) is 1. The number of halogens is 1. The van der Waals surface area contributed by atoms with Crippen LogP contribution >= 0.6 is 0 Å². The summed E-state index contributed by atoms with van der Waals surface area (Å²) in [6.45, 7) is 2.65. The van der Waals surface area contributed by atoms with Gasteiger partial charge in [0.2, 0.25) is 10.0 Å². The van der Waals surface area contributed by atoms with E-state index in [2.05, 4.69) is 5.32 Å². The number of piperidine rings is 1. The standard InChI is InChI=1S/C13H17FN2O2S/c1-2-19(17,18)16-6-5-13-11(8-16)10-7-9(14)3-4-12(10)15-13/h3-4,7,11,13,15H,2,5-6,8H2,1H3/t11-,13-/m1/s1. The minimum absolute atomic E-state index is 0.0563. The van der Waals surface area contributed by atoms with Crippen LogP contribution in [0.2, 0.25) is 0 Å². The molecular weight excluding hydrogens is 267 g/mol. The van der Waals surface area contributed by atoms with Crippen LogP contribution in [0.15, 0.2) is 18.2 Å². The smallest absolute Gasteiger partial charge is 0.213 e. The van der Waals surface area contributed by atoms with Crippen molar-refractivity contribution in [3.63, 3.8) is 0 Å². The second-order valence-corrected chi connectivity index (χ2v) is 7.39. The van der Waals surface area contributed by atoms with Crippen LogP contribution in [0.4, 0.5) is 10.1 Å². The first-order valence-corrected chi connectivity index (χ1v) is 8.16. The van der Waals surface area contributed by atoms with Gasteiger partial charge in [0.25, 0.3) is 0 Å². The summed E-state index contributed by atoms with van der Waals surface area (Å²) in [4.78, 5) is 0. The molecule has 2 heterocycles. The molecule has 0 aliphatic carbocycles. The molecule has 19 heavy (non-hydrogen) atoms. The van der Waals surface area contributed by atoms with Crippen molar-refractivity contribution >= 4 is 15.7 Å². The molecule has 2 aliphatic rings. The van der Waals surface area contributed by atoms with Crippen molar-refractivity contribution in [1.82, 2.24) is 4.31 Å². The summed E-state index contributed by atoms with van der Waals surface area (Å²) in [6.07, 6.45) is 0.764. The number of anilines is 1. The maximum absolute atomic E-state index is 13.4. The van der Waals surface area contributed by atoms with Crippen LogP contribution in [0.5, 0.6) is 0 Å². The predicted molar refractivity (Wildman–Crippen MR) is 72.2 cm³/mol. The van der Waals surface area contributed by atoms with Crippen LogP contribution < -0.4 is 5.32 Å². The summed E-state index contributed by atoms with van der Waals surface area (Å²) in [5.74, 6) is -0.0918. The number of hydrogen-bond acceptors (Lipinski definition) is 3. The highest BCUT2D eigenvalue weighted by Gasteiger charge is 2.39. The van der Waals surface area contributed by atoms with Gasteiger partial charge in [0.05, 0.1) is 5.75 Å². The monoisotopic (exact) mass is 284 g/mol. The molecule has 2 atom stereocenters. The first-order chi connectivity index (χ1) is 9.01. The van der Waals surface area contributed by atoms with Gasteiger partial charge in [0.15, 0.2) is 0 Å². The van der Waals surface area contributed by atoms with Crippen LogP contribution in [-0.2, 0) is 10.0 Å². The van der Waals surface area contributed by atoms with Gasteiger partial charge < -0.3 is 5.32 Å². The molecule has 0 radical (unpaired) electrons. The van der Waals surface area contributed by atoms with Gasteiger partial charge in [-0.3, -0.25) is 0 Å². The van der Waals surface area contributed by atoms with E-state index in [0.29, 0.717) is 13.1 Å². The minimum atomic E-state index is -3.16. The van der Waals surface area contributed by atoms with E-state index in [1.807, 2.05) is 0 Å². The lowest BCUT2D eigenvalue weighted by Gasteiger charge is -2.34. The third kappa shape index (κ3) is 2.12. The highest BCUT2D eigenvalue weighted by molar-refractivity contribution is 7.89. The van der Waals surface area contributed by atoms with Crippen LogP contribution in [0, 0.1) is 5.82 Å². The van der Waals surface area contributed by atoms with E-state index in [1.165, 1.54) is 16.4 Å². The van der Waals surface area contributed by atoms with E-state index >= 15 is 0 Å². The molecule has 3 rings (SSSR count). The number of rotatable bonds is 2. The quantitative estimate of drug-likeness (QED) is 0.900. The van der Waals surface area contributed by atoms with Gasteiger partial charge >= 0.3 is 0 Å². The summed E-state index contributed by atoms with van der Waals surface area (Å²) in [5.41, 5.74) is 1.84. The Hall–Kier alpha value is -1.14. The lowest BCUT2D eigenvalue weighted by atomic mass is 9.90.